The summed E-state index contributed by atoms with van der Waals surface area (Å²) in [5.74, 6) is 2.32. The molecule has 102 valence electrons. The first-order valence-electron chi connectivity index (χ1n) is 5.70. The minimum atomic E-state index is -4.31. The highest BCUT2D eigenvalue weighted by atomic mass is 32.2. The predicted octanol–water partition coefficient (Wildman–Crippen LogP) is 4.54. The Labute approximate surface area is 115 Å². The lowest BCUT2D eigenvalue weighted by Gasteiger charge is -2.09. The van der Waals surface area contributed by atoms with E-state index in [1.165, 1.54) is 17.8 Å². The number of pyridine rings is 1. The molecule has 0 bridgehead atoms. The molecular weight excluding hydrogens is 279 g/mol. The second kappa shape index (κ2) is 7.28. The summed E-state index contributed by atoms with van der Waals surface area (Å²) in [6, 6.07) is 2.50. The number of halogens is 3. The molecule has 1 aromatic rings. The maximum atomic E-state index is 12.3. The maximum absolute atomic E-state index is 12.3. The molecule has 0 N–H and O–H groups in total. The first kappa shape index (κ1) is 15.7. The van der Waals surface area contributed by atoms with Gasteiger partial charge < -0.3 is 0 Å². The Morgan fingerprint density at radius 3 is 2.56 bits per heavy atom. The first-order chi connectivity index (χ1) is 8.43. The molecule has 1 unspecified atom stereocenters. The zero-order valence-corrected chi connectivity index (χ0v) is 11.8. The zero-order chi connectivity index (χ0) is 13.6. The van der Waals surface area contributed by atoms with E-state index in [2.05, 4.69) is 24.5 Å². The monoisotopic (exact) mass is 295 g/mol. The fraction of sp³-hybridized carbons (Fsp3) is 0.583. The second-order valence-electron chi connectivity index (χ2n) is 4.14. The van der Waals surface area contributed by atoms with Gasteiger partial charge in [0, 0.05) is 6.20 Å². The zero-order valence-electron chi connectivity index (χ0n) is 10.1. The molecule has 0 saturated heterocycles. The number of thiol groups is 1. The fourth-order valence-corrected chi connectivity index (χ4v) is 2.82. The van der Waals surface area contributed by atoms with Crippen LogP contribution in [0.2, 0.25) is 0 Å². The second-order valence-corrected chi connectivity index (χ2v) is 5.70. The van der Waals surface area contributed by atoms with Gasteiger partial charge in [-0.05, 0) is 42.4 Å². The molecule has 0 aliphatic carbocycles. The maximum Gasteiger partial charge on any atom is 0.417 e. The van der Waals surface area contributed by atoms with E-state index in [0.29, 0.717) is 10.9 Å². The van der Waals surface area contributed by atoms with Gasteiger partial charge in [0.2, 0.25) is 0 Å². The average Bonchev–Trinajstić information content (AvgIpc) is 2.29. The molecular formula is C12H16F3NS2. The summed E-state index contributed by atoms with van der Waals surface area (Å²) < 4.78 is 36.9. The number of alkyl halides is 3. The molecule has 18 heavy (non-hydrogen) atoms. The molecule has 0 fully saturated rings. The van der Waals surface area contributed by atoms with Crippen LogP contribution >= 0.6 is 24.4 Å². The summed E-state index contributed by atoms with van der Waals surface area (Å²) in [7, 11) is 0. The van der Waals surface area contributed by atoms with Crippen LogP contribution in [0.1, 0.15) is 25.3 Å². The molecule has 0 spiro atoms. The molecule has 0 radical (unpaired) electrons. The molecule has 1 rings (SSSR count). The fourth-order valence-electron chi connectivity index (χ4n) is 1.36. The van der Waals surface area contributed by atoms with Crippen molar-refractivity contribution in [3.63, 3.8) is 0 Å². The first-order valence-corrected chi connectivity index (χ1v) is 7.32. The SMILES string of the molecule is CC(CCS)CCSc1ccc(C(F)(F)F)cn1. The summed E-state index contributed by atoms with van der Waals surface area (Å²) in [6.07, 6.45) is -1.34. The number of thioether (sulfide) groups is 1. The summed E-state index contributed by atoms with van der Waals surface area (Å²) >= 11 is 5.66. The Morgan fingerprint density at radius 2 is 2.06 bits per heavy atom. The quantitative estimate of drug-likeness (QED) is 0.611. The van der Waals surface area contributed by atoms with Crippen LogP contribution in [-0.4, -0.2) is 16.5 Å². The average molecular weight is 295 g/mol. The van der Waals surface area contributed by atoms with Gasteiger partial charge in [0.25, 0.3) is 0 Å². The highest BCUT2D eigenvalue weighted by Crippen LogP contribution is 2.29. The van der Waals surface area contributed by atoms with Crippen LogP contribution in [0, 0.1) is 5.92 Å². The van der Waals surface area contributed by atoms with Crippen LogP contribution < -0.4 is 0 Å². The van der Waals surface area contributed by atoms with Gasteiger partial charge in [-0.25, -0.2) is 4.98 Å². The largest absolute Gasteiger partial charge is 0.417 e. The van der Waals surface area contributed by atoms with E-state index >= 15 is 0 Å². The van der Waals surface area contributed by atoms with Gasteiger partial charge in [-0.15, -0.1) is 11.8 Å². The van der Waals surface area contributed by atoms with Crippen molar-refractivity contribution in [2.24, 2.45) is 5.92 Å². The van der Waals surface area contributed by atoms with E-state index in [1.807, 2.05) is 0 Å². The smallest absolute Gasteiger partial charge is 0.249 e. The van der Waals surface area contributed by atoms with Crippen LogP contribution in [0.4, 0.5) is 13.2 Å². The van der Waals surface area contributed by atoms with E-state index in [0.717, 1.165) is 36.6 Å². The van der Waals surface area contributed by atoms with E-state index < -0.39 is 11.7 Å². The van der Waals surface area contributed by atoms with Gasteiger partial charge in [-0.1, -0.05) is 6.92 Å². The summed E-state index contributed by atoms with van der Waals surface area (Å²) in [4.78, 5) is 3.82. The van der Waals surface area contributed by atoms with Crippen LogP contribution in [0.3, 0.4) is 0 Å². The summed E-state index contributed by atoms with van der Waals surface area (Å²) in [5, 5.41) is 0.640. The molecule has 0 aliphatic heterocycles. The summed E-state index contributed by atoms with van der Waals surface area (Å²) in [6.45, 7) is 2.15. The van der Waals surface area contributed by atoms with Crippen molar-refractivity contribution in [3.8, 4) is 0 Å². The predicted molar refractivity (Wildman–Crippen MR) is 72.2 cm³/mol. The molecule has 6 heteroatoms. The lowest BCUT2D eigenvalue weighted by Crippen LogP contribution is -2.05. The van der Waals surface area contributed by atoms with Crippen molar-refractivity contribution in [3.05, 3.63) is 23.9 Å². The van der Waals surface area contributed by atoms with Gasteiger partial charge in [-0.3, -0.25) is 0 Å². The molecule has 0 saturated carbocycles. The Balaban J connectivity index is 2.40. The van der Waals surface area contributed by atoms with E-state index in [4.69, 9.17) is 0 Å². The van der Waals surface area contributed by atoms with E-state index in [1.54, 1.807) is 0 Å². The lowest BCUT2D eigenvalue weighted by atomic mass is 10.1. The van der Waals surface area contributed by atoms with Gasteiger partial charge >= 0.3 is 6.18 Å². The van der Waals surface area contributed by atoms with Crippen LogP contribution in [0.5, 0.6) is 0 Å². The third-order valence-electron chi connectivity index (χ3n) is 2.55. The Bertz CT molecular complexity index is 351. The molecule has 1 atom stereocenters. The number of nitrogens with zero attached hydrogens (tertiary/aromatic N) is 1. The third-order valence-corrected chi connectivity index (χ3v) is 3.78. The van der Waals surface area contributed by atoms with E-state index in [9.17, 15) is 13.2 Å². The summed E-state index contributed by atoms with van der Waals surface area (Å²) in [5.41, 5.74) is -0.699. The van der Waals surface area contributed by atoms with Gasteiger partial charge in [0.1, 0.15) is 0 Å². The van der Waals surface area contributed by atoms with Crippen LogP contribution in [0.25, 0.3) is 0 Å². The number of rotatable bonds is 6. The minimum absolute atomic E-state index is 0.587. The van der Waals surface area contributed by atoms with Crippen LogP contribution in [0.15, 0.2) is 23.4 Å². The normalized spacial score (nSPS) is 13.6. The molecule has 0 amide bonds. The van der Waals surface area contributed by atoms with Crippen molar-refractivity contribution in [1.29, 1.82) is 0 Å². The molecule has 1 heterocycles. The van der Waals surface area contributed by atoms with Crippen molar-refractivity contribution < 1.29 is 13.2 Å². The Hall–Kier alpha value is -0.360. The number of hydrogen-bond donors (Lipinski definition) is 1. The van der Waals surface area contributed by atoms with Gasteiger partial charge in [0.05, 0.1) is 10.6 Å². The van der Waals surface area contributed by atoms with Crippen molar-refractivity contribution in [2.75, 3.05) is 11.5 Å². The third kappa shape index (κ3) is 5.52. The van der Waals surface area contributed by atoms with Crippen molar-refractivity contribution in [2.45, 2.75) is 31.0 Å². The Kier molecular flexibility index (Phi) is 6.35. The highest BCUT2D eigenvalue weighted by molar-refractivity contribution is 7.99. The number of aromatic nitrogens is 1. The van der Waals surface area contributed by atoms with E-state index in [-0.39, 0.29) is 0 Å². The van der Waals surface area contributed by atoms with Crippen LogP contribution in [-0.2, 0) is 6.18 Å². The van der Waals surface area contributed by atoms with Crippen molar-refractivity contribution in [1.82, 2.24) is 4.98 Å². The van der Waals surface area contributed by atoms with Gasteiger partial charge in [-0.2, -0.15) is 25.8 Å². The highest BCUT2D eigenvalue weighted by Gasteiger charge is 2.30. The van der Waals surface area contributed by atoms with Gasteiger partial charge in [0.15, 0.2) is 0 Å². The Morgan fingerprint density at radius 1 is 1.33 bits per heavy atom. The minimum Gasteiger partial charge on any atom is -0.249 e. The molecule has 1 nitrogen and oxygen atoms in total. The molecule has 0 aliphatic rings. The topological polar surface area (TPSA) is 12.9 Å². The number of hydrogen-bond acceptors (Lipinski definition) is 3. The standard InChI is InChI=1S/C12H16F3NS2/c1-9(4-6-17)5-7-18-11-3-2-10(8-16-11)12(13,14)15/h2-3,8-9,17H,4-7H2,1H3. The molecule has 1 aromatic heterocycles. The molecule has 0 aromatic carbocycles. The lowest BCUT2D eigenvalue weighted by molar-refractivity contribution is -0.137. The van der Waals surface area contributed by atoms with Crippen molar-refractivity contribution >= 4 is 24.4 Å².